The van der Waals surface area contributed by atoms with Crippen molar-refractivity contribution in [1.29, 1.82) is 0 Å². The molecule has 1 heterocycles. The molecule has 0 spiro atoms. The Morgan fingerprint density at radius 3 is 2.71 bits per heavy atom. The molecule has 0 saturated carbocycles. The van der Waals surface area contributed by atoms with Gasteiger partial charge in [-0.3, -0.25) is 5.32 Å². The Morgan fingerprint density at radius 2 is 2.10 bits per heavy atom. The van der Waals surface area contributed by atoms with E-state index in [9.17, 15) is 9.59 Å². The first kappa shape index (κ1) is 15.8. The van der Waals surface area contributed by atoms with E-state index in [4.69, 9.17) is 4.74 Å². The van der Waals surface area contributed by atoms with Crippen LogP contribution in [-0.4, -0.2) is 25.3 Å². The third kappa shape index (κ3) is 3.56. The van der Waals surface area contributed by atoms with Crippen molar-refractivity contribution < 1.29 is 19.1 Å². The van der Waals surface area contributed by atoms with Crippen molar-refractivity contribution >= 4 is 28.4 Å². The van der Waals surface area contributed by atoms with Crippen LogP contribution in [0.1, 0.15) is 48.0 Å². The lowest BCUT2D eigenvalue weighted by Crippen LogP contribution is -2.18. The minimum atomic E-state index is -0.569. The van der Waals surface area contributed by atoms with Gasteiger partial charge in [0, 0.05) is 4.88 Å². The van der Waals surface area contributed by atoms with Gasteiger partial charge in [-0.1, -0.05) is 6.92 Å². The van der Waals surface area contributed by atoms with Gasteiger partial charge in [0.05, 0.1) is 18.8 Å². The molecule has 1 unspecified atom stereocenters. The number of amides is 1. The van der Waals surface area contributed by atoms with Crippen LogP contribution >= 0.6 is 11.3 Å². The summed E-state index contributed by atoms with van der Waals surface area (Å²) in [5.74, 6) is 0.222. The van der Waals surface area contributed by atoms with Crippen molar-refractivity contribution in [1.82, 2.24) is 0 Å². The highest BCUT2D eigenvalue weighted by Gasteiger charge is 2.29. The Hall–Kier alpha value is -1.56. The summed E-state index contributed by atoms with van der Waals surface area (Å²) in [4.78, 5) is 25.0. The molecule has 0 saturated heterocycles. The third-order valence-corrected chi connectivity index (χ3v) is 4.63. The average Bonchev–Trinajstić information content (AvgIpc) is 2.74. The Morgan fingerprint density at radius 1 is 1.38 bits per heavy atom. The van der Waals surface area contributed by atoms with Crippen LogP contribution in [0.25, 0.3) is 0 Å². The fraction of sp³-hybridized carbons (Fsp3) is 0.600. The standard InChI is InChI=1S/C15H21NO4S/c1-8(2)20-14(17)12-10-6-5-9(3)7-11(10)21-13(12)16-15(18)19-4/h8-9H,5-7H2,1-4H3,(H,16,18). The summed E-state index contributed by atoms with van der Waals surface area (Å²) in [6.07, 6.45) is 2.06. The zero-order chi connectivity index (χ0) is 15.6. The van der Waals surface area contributed by atoms with Crippen molar-refractivity contribution in [2.24, 2.45) is 5.92 Å². The van der Waals surface area contributed by atoms with Crippen molar-refractivity contribution in [3.63, 3.8) is 0 Å². The van der Waals surface area contributed by atoms with Gasteiger partial charge in [-0.2, -0.15) is 0 Å². The van der Waals surface area contributed by atoms with Gasteiger partial charge in [0.25, 0.3) is 0 Å². The molecule has 0 aliphatic heterocycles. The fourth-order valence-corrected chi connectivity index (χ4v) is 3.86. The monoisotopic (exact) mass is 311 g/mol. The summed E-state index contributed by atoms with van der Waals surface area (Å²) < 4.78 is 9.95. The quantitative estimate of drug-likeness (QED) is 0.866. The van der Waals surface area contributed by atoms with Crippen LogP contribution in [-0.2, 0) is 22.3 Å². The van der Waals surface area contributed by atoms with E-state index in [1.54, 1.807) is 0 Å². The molecular formula is C15H21NO4S. The van der Waals surface area contributed by atoms with Gasteiger partial charge in [0.2, 0.25) is 0 Å². The predicted molar refractivity (Wildman–Crippen MR) is 82.1 cm³/mol. The molecule has 0 aromatic carbocycles. The Bertz CT molecular complexity index is 550. The molecule has 116 valence electrons. The lowest BCUT2D eigenvalue weighted by molar-refractivity contribution is 0.0378. The first-order valence-corrected chi connectivity index (χ1v) is 7.94. The highest BCUT2D eigenvalue weighted by Crippen LogP contribution is 2.40. The van der Waals surface area contributed by atoms with Gasteiger partial charge < -0.3 is 9.47 Å². The summed E-state index contributed by atoms with van der Waals surface area (Å²) in [5.41, 5.74) is 1.52. The number of hydrogen-bond acceptors (Lipinski definition) is 5. The number of carbonyl (C=O) groups is 2. The van der Waals surface area contributed by atoms with E-state index in [2.05, 4.69) is 17.0 Å². The second-order valence-electron chi connectivity index (χ2n) is 5.63. The molecule has 1 aromatic rings. The maximum absolute atomic E-state index is 12.4. The van der Waals surface area contributed by atoms with Crippen LogP contribution in [0.15, 0.2) is 0 Å². The van der Waals surface area contributed by atoms with E-state index < -0.39 is 6.09 Å². The summed E-state index contributed by atoms with van der Waals surface area (Å²) in [7, 11) is 1.30. The SMILES string of the molecule is COC(=O)Nc1sc2c(c1C(=O)OC(C)C)CCC(C)C2. The predicted octanol–water partition coefficient (Wildman–Crippen LogP) is 3.62. The van der Waals surface area contributed by atoms with E-state index in [1.807, 2.05) is 13.8 Å². The van der Waals surface area contributed by atoms with Crippen molar-refractivity contribution in [3.8, 4) is 0 Å². The van der Waals surface area contributed by atoms with Gasteiger partial charge >= 0.3 is 12.1 Å². The number of fused-ring (bicyclic) bond motifs is 1. The molecule has 0 radical (unpaired) electrons. The molecule has 1 aromatic heterocycles. The summed E-state index contributed by atoms with van der Waals surface area (Å²) in [6.45, 7) is 5.82. The molecule has 0 bridgehead atoms. The lowest BCUT2D eigenvalue weighted by atomic mass is 9.88. The van der Waals surface area contributed by atoms with Crippen LogP contribution in [0, 0.1) is 5.92 Å². The van der Waals surface area contributed by atoms with Gasteiger partial charge in [-0.25, -0.2) is 9.59 Å². The van der Waals surface area contributed by atoms with Gasteiger partial charge in [-0.15, -0.1) is 11.3 Å². The highest BCUT2D eigenvalue weighted by molar-refractivity contribution is 7.17. The highest BCUT2D eigenvalue weighted by atomic mass is 32.1. The van der Waals surface area contributed by atoms with E-state index in [0.29, 0.717) is 16.5 Å². The molecule has 1 N–H and O–H groups in total. The Kier molecular flexibility index (Phi) is 4.88. The second-order valence-corrected chi connectivity index (χ2v) is 6.73. The molecule has 5 nitrogen and oxygen atoms in total. The van der Waals surface area contributed by atoms with Crippen LogP contribution in [0.3, 0.4) is 0 Å². The number of esters is 1. The minimum Gasteiger partial charge on any atom is -0.459 e. The molecular weight excluding hydrogens is 290 g/mol. The number of hydrogen-bond donors (Lipinski definition) is 1. The number of anilines is 1. The number of thiophene rings is 1. The van der Waals surface area contributed by atoms with Gasteiger partial charge in [0.15, 0.2) is 0 Å². The molecule has 2 rings (SSSR count). The van der Waals surface area contributed by atoms with Crippen LogP contribution in [0.5, 0.6) is 0 Å². The van der Waals surface area contributed by atoms with Crippen LogP contribution < -0.4 is 5.32 Å². The number of methoxy groups -OCH3 is 1. The molecule has 0 fully saturated rings. The molecule has 1 aliphatic carbocycles. The summed E-state index contributed by atoms with van der Waals surface area (Å²) in [6, 6.07) is 0. The number of rotatable bonds is 3. The van der Waals surface area contributed by atoms with Crippen LogP contribution in [0.2, 0.25) is 0 Å². The smallest absolute Gasteiger partial charge is 0.411 e. The average molecular weight is 311 g/mol. The topological polar surface area (TPSA) is 64.6 Å². The lowest BCUT2D eigenvalue weighted by Gasteiger charge is -2.18. The Labute approximate surface area is 128 Å². The van der Waals surface area contributed by atoms with Crippen LogP contribution in [0.4, 0.5) is 9.80 Å². The molecule has 6 heteroatoms. The first-order valence-electron chi connectivity index (χ1n) is 7.12. The fourth-order valence-electron chi connectivity index (χ4n) is 2.47. The van der Waals surface area contributed by atoms with Gasteiger partial charge in [0.1, 0.15) is 5.00 Å². The maximum Gasteiger partial charge on any atom is 0.411 e. The first-order chi connectivity index (χ1) is 9.92. The van der Waals surface area contributed by atoms with E-state index >= 15 is 0 Å². The molecule has 1 amide bonds. The zero-order valence-electron chi connectivity index (χ0n) is 12.8. The number of ether oxygens (including phenoxy) is 2. The second kappa shape index (κ2) is 6.47. The molecule has 21 heavy (non-hydrogen) atoms. The van der Waals surface area contributed by atoms with Gasteiger partial charge in [-0.05, 0) is 44.6 Å². The summed E-state index contributed by atoms with van der Waals surface area (Å²) in [5, 5.41) is 3.18. The van der Waals surface area contributed by atoms with E-state index in [1.165, 1.54) is 18.4 Å². The zero-order valence-corrected chi connectivity index (χ0v) is 13.6. The van der Waals surface area contributed by atoms with E-state index in [0.717, 1.165) is 29.7 Å². The largest absolute Gasteiger partial charge is 0.459 e. The van der Waals surface area contributed by atoms with Crippen molar-refractivity contribution in [2.75, 3.05) is 12.4 Å². The van der Waals surface area contributed by atoms with Crippen molar-refractivity contribution in [3.05, 3.63) is 16.0 Å². The molecule has 1 atom stereocenters. The normalized spacial score (nSPS) is 17.3. The number of nitrogens with one attached hydrogen (secondary N) is 1. The third-order valence-electron chi connectivity index (χ3n) is 3.46. The van der Waals surface area contributed by atoms with Crippen molar-refractivity contribution in [2.45, 2.75) is 46.1 Å². The number of carbonyl (C=O) groups excluding carboxylic acids is 2. The Balaban J connectivity index is 2.38. The summed E-state index contributed by atoms with van der Waals surface area (Å²) >= 11 is 1.45. The van der Waals surface area contributed by atoms with E-state index in [-0.39, 0.29) is 12.1 Å². The maximum atomic E-state index is 12.4. The minimum absolute atomic E-state index is 0.193. The molecule has 1 aliphatic rings.